The van der Waals surface area contributed by atoms with Crippen LogP contribution in [-0.4, -0.2) is 32.0 Å². The number of methoxy groups -OCH3 is 1. The van der Waals surface area contributed by atoms with E-state index in [1.54, 1.807) is 13.2 Å². The zero-order chi connectivity index (χ0) is 11.1. The van der Waals surface area contributed by atoms with Crippen LogP contribution in [0.25, 0.3) is 0 Å². The Morgan fingerprint density at radius 3 is 2.80 bits per heavy atom. The zero-order valence-corrected chi connectivity index (χ0v) is 8.70. The molecule has 15 heavy (non-hydrogen) atoms. The largest absolute Gasteiger partial charge is 0.491 e. The van der Waals surface area contributed by atoms with Crippen LogP contribution in [0.15, 0.2) is 18.2 Å². The van der Waals surface area contributed by atoms with Crippen molar-refractivity contribution in [1.82, 2.24) is 0 Å². The topological polar surface area (TPSA) is 38.7 Å². The SMILES string of the molecule is COCCOc1ccc(F)cc1CCO. The minimum atomic E-state index is -0.322. The van der Waals surface area contributed by atoms with Gasteiger partial charge in [-0.2, -0.15) is 0 Å². The van der Waals surface area contributed by atoms with Gasteiger partial charge in [0.25, 0.3) is 0 Å². The summed E-state index contributed by atoms with van der Waals surface area (Å²) in [5.41, 5.74) is 0.675. The second-order valence-corrected chi connectivity index (χ2v) is 3.07. The Labute approximate surface area is 88.4 Å². The highest BCUT2D eigenvalue weighted by molar-refractivity contribution is 5.34. The van der Waals surface area contributed by atoms with Gasteiger partial charge < -0.3 is 14.6 Å². The molecule has 0 amide bonds. The summed E-state index contributed by atoms with van der Waals surface area (Å²) in [7, 11) is 1.59. The van der Waals surface area contributed by atoms with Gasteiger partial charge in [0.1, 0.15) is 18.2 Å². The lowest BCUT2D eigenvalue weighted by atomic mass is 10.1. The van der Waals surface area contributed by atoms with Crippen LogP contribution < -0.4 is 4.74 Å². The summed E-state index contributed by atoms with van der Waals surface area (Å²) in [5, 5.41) is 8.80. The van der Waals surface area contributed by atoms with Crippen molar-refractivity contribution >= 4 is 0 Å². The molecular weight excluding hydrogens is 199 g/mol. The van der Waals surface area contributed by atoms with Crippen LogP contribution in [0.3, 0.4) is 0 Å². The van der Waals surface area contributed by atoms with Crippen LogP contribution in [0.5, 0.6) is 5.75 Å². The molecule has 0 saturated heterocycles. The molecule has 0 aliphatic carbocycles. The Kier molecular flexibility index (Phi) is 5.07. The predicted octanol–water partition coefficient (Wildman–Crippen LogP) is 1.39. The fourth-order valence-electron chi connectivity index (χ4n) is 1.24. The number of aliphatic hydroxyl groups excluding tert-OH is 1. The number of benzene rings is 1. The highest BCUT2D eigenvalue weighted by Gasteiger charge is 2.04. The van der Waals surface area contributed by atoms with Crippen LogP contribution in [-0.2, 0) is 11.2 Å². The van der Waals surface area contributed by atoms with Crippen molar-refractivity contribution in [3.8, 4) is 5.75 Å². The smallest absolute Gasteiger partial charge is 0.123 e. The maximum atomic E-state index is 12.9. The van der Waals surface area contributed by atoms with E-state index in [9.17, 15) is 4.39 Å². The molecule has 0 atom stereocenters. The third kappa shape index (κ3) is 3.85. The van der Waals surface area contributed by atoms with Crippen molar-refractivity contribution in [3.63, 3.8) is 0 Å². The van der Waals surface area contributed by atoms with Crippen LogP contribution in [0.4, 0.5) is 4.39 Å². The lowest BCUT2D eigenvalue weighted by molar-refractivity contribution is 0.145. The molecule has 1 aromatic carbocycles. The van der Waals surface area contributed by atoms with Crippen LogP contribution in [0.1, 0.15) is 5.56 Å². The summed E-state index contributed by atoms with van der Waals surface area (Å²) in [5.74, 6) is 0.278. The first-order valence-electron chi connectivity index (χ1n) is 4.79. The predicted molar refractivity (Wildman–Crippen MR) is 54.6 cm³/mol. The third-order valence-electron chi connectivity index (χ3n) is 1.95. The van der Waals surface area contributed by atoms with E-state index in [4.69, 9.17) is 14.6 Å². The Morgan fingerprint density at radius 1 is 1.33 bits per heavy atom. The van der Waals surface area contributed by atoms with Crippen molar-refractivity contribution in [1.29, 1.82) is 0 Å². The molecule has 0 aliphatic heterocycles. The van der Waals surface area contributed by atoms with E-state index in [2.05, 4.69) is 0 Å². The van der Waals surface area contributed by atoms with E-state index in [1.165, 1.54) is 12.1 Å². The van der Waals surface area contributed by atoms with Gasteiger partial charge in [0, 0.05) is 13.7 Å². The fourth-order valence-corrected chi connectivity index (χ4v) is 1.24. The normalized spacial score (nSPS) is 10.3. The summed E-state index contributed by atoms with van der Waals surface area (Å²) in [6.45, 7) is 0.876. The molecule has 0 unspecified atom stereocenters. The van der Waals surface area contributed by atoms with Crippen molar-refractivity contribution in [2.45, 2.75) is 6.42 Å². The Hall–Kier alpha value is -1.13. The average Bonchev–Trinajstić information content (AvgIpc) is 2.22. The average molecular weight is 214 g/mol. The van der Waals surface area contributed by atoms with Crippen molar-refractivity contribution < 1.29 is 19.0 Å². The lowest BCUT2D eigenvalue weighted by Crippen LogP contribution is -2.06. The van der Waals surface area contributed by atoms with Crippen LogP contribution >= 0.6 is 0 Å². The summed E-state index contributed by atoms with van der Waals surface area (Å²) in [6.07, 6.45) is 0.389. The molecule has 0 bridgehead atoms. The summed E-state index contributed by atoms with van der Waals surface area (Å²) in [6, 6.07) is 4.28. The van der Waals surface area contributed by atoms with E-state index >= 15 is 0 Å². The summed E-state index contributed by atoms with van der Waals surface area (Å²) < 4.78 is 23.1. The van der Waals surface area contributed by atoms with E-state index < -0.39 is 0 Å². The molecule has 0 radical (unpaired) electrons. The molecule has 0 aromatic heterocycles. The van der Waals surface area contributed by atoms with E-state index in [1.807, 2.05) is 0 Å². The van der Waals surface area contributed by atoms with Gasteiger partial charge in [-0.1, -0.05) is 0 Å². The van der Waals surface area contributed by atoms with Gasteiger partial charge in [-0.3, -0.25) is 0 Å². The number of ether oxygens (including phenoxy) is 2. The standard InChI is InChI=1S/C11H15FO3/c1-14-6-7-15-11-3-2-10(12)8-9(11)4-5-13/h2-3,8,13H,4-7H2,1H3. The molecule has 1 N–H and O–H groups in total. The molecular formula is C11H15FO3. The molecule has 84 valence electrons. The Morgan fingerprint density at radius 2 is 2.13 bits per heavy atom. The van der Waals surface area contributed by atoms with Crippen molar-refractivity contribution in [2.24, 2.45) is 0 Å². The van der Waals surface area contributed by atoms with Crippen molar-refractivity contribution in [3.05, 3.63) is 29.6 Å². The zero-order valence-electron chi connectivity index (χ0n) is 8.70. The maximum Gasteiger partial charge on any atom is 0.123 e. The quantitative estimate of drug-likeness (QED) is 0.727. The lowest BCUT2D eigenvalue weighted by Gasteiger charge is -2.10. The molecule has 1 aromatic rings. The van der Waals surface area contributed by atoms with E-state index in [0.717, 1.165) is 0 Å². The fraction of sp³-hybridized carbons (Fsp3) is 0.455. The summed E-state index contributed by atoms with van der Waals surface area (Å²) in [4.78, 5) is 0. The first-order chi connectivity index (χ1) is 7.27. The highest BCUT2D eigenvalue weighted by Crippen LogP contribution is 2.20. The highest BCUT2D eigenvalue weighted by atomic mass is 19.1. The Bertz CT molecular complexity index is 302. The third-order valence-corrected chi connectivity index (χ3v) is 1.95. The Balaban J connectivity index is 2.67. The number of hydrogen-bond donors (Lipinski definition) is 1. The molecule has 0 fully saturated rings. The molecule has 0 aliphatic rings. The second-order valence-electron chi connectivity index (χ2n) is 3.07. The van der Waals surface area contributed by atoms with Gasteiger partial charge in [-0.15, -0.1) is 0 Å². The van der Waals surface area contributed by atoms with E-state index in [0.29, 0.717) is 30.9 Å². The van der Waals surface area contributed by atoms with Crippen LogP contribution in [0, 0.1) is 5.82 Å². The summed E-state index contributed by atoms with van der Waals surface area (Å²) >= 11 is 0. The van der Waals surface area contributed by atoms with Gasteiger partial charge >= 0.3 is 0 Å². The first kappa shape index (κ1) is 11.9. The molecule has 1 rings (SSSR count). The number of hydrogen-bond acceptors (Lipinski definition) is 3. The number of rotatable bonds is 6. The van der Waals surface area contributed by atoms with Crippen LogP contribution in [0.2, 0.25) is 0 Å². The molecule has 3 nitrogen and oxygen atoms in total. The van der Waals surface area contributed by atoms with Gasteiger partial charge in [-0.05, 0) is 30.2 Å². The monoisotopic (exact) mass is 214 g/mol. The minimum Gasteiger partial charge on any atom is -0.491 e. The molecule has 0 heterocycles. The van der Waals surface area contributed by atoms with Gasteiger partial charge in [0.15, 0.2) is 0 Å². The van der Waals surface area contributed by atoms with Gasteiger partial charge in [0.2, 0.25) is 0 Å². The van der Waals surface area contributed by atoms with E-state index in [-0.39, 0.29) is 12.4 Å². The molecule has 0 spiro atoms. The van der Waals surface area contributed by atoms with Crippen molar-refractivity contribution in [2.75, 3.05) is 26.9 Å². The second kappa shape index (κ2) is 6.37. The van der Waals surface area contributed by atoms with Gasteiger partial charge in [0.05, 0.1) is 6.61 Å². The molecule has 4 heteroatoms. The number of halogens is 1. The number of aliphatic hydroxyl groups is 1. The first-order valence-corrected chi connectivity index (χ1v) is 4.79. The van der Waals surface area contributed by atoms with Gasteiger partial charge in [-0.25, -0.2) is 4.39 Å². The minimum absolute atomic E-state index is 0.0237. The molecule has 0 saturated carbocycles. The maximum absolute atomic E-state index is 12.9.